The SMILES string of the molecule is O=C(O)c1cccc(SSc2cccc(C(=O)On3c(O)ccc3O)c2[N+](=O)[O-])c1[N+](=O)[O-]. The van der Waals surface area contributed by atoms with E-state index in [4.69, 9.17) is 4.84 Å². The fourth-order valence-electron chi connectivity index (χ4n) is 2.61. The molecule has 3 rings (SSSR count). The summed E-state index contributed by atoms with van der Waals surface area (Å²) in [4.78, 5) is 49.8. The second-order valence-corrected chi connectivity index (χ2v) is 8.23. The molecule has 3 N–H and O–H groups in total. The van der Waals surface area contributed by atoms with E-state index in [-0.39, 0.29) is 9.79 Å². The standard InChI is InChI=1S/C18H11N3O10S2/c22-13-7-8-14(23)19(13)31-18(26)10-4-2-6-12(16(10)21(29)30)33-32-11-5-1-3-9(17(24)25)15(11)20(27)28/h1-8,22-23H,(H,24,25). The molecule has 0 aliphatic rings. The fraction of sp³-hybridized carbons (Fsp3) is 0. The van der Waals surface area contributed by atoms with Crippen molar-refractivity contribution in [3.8, 4) is 11.8 Å². The Kier molecular flexibility index (Phi) is 6.74. The van der Waals surface area contributed by atoms with Crippen LogP contribution < -0.4 is 4.84 Å². The summed E-state index contributed by atoms with van der Waals surface area (Å²) >= 11 is 0. The highest BCUT2D eigenvalue weighted by molar-refractivity contribution is 8.76. The molecule has 0 fully saturated rings. The van der Waals surface area contributed by atoms with Gasteiger partial charge < -0.3 is 20.2 Å². The molecule has 0 saturated heterocycles. The summed E-state index contributed by atoms with van der Waals surface area (Å²) in [6, 6.07) is 9.34. The lowest BCUT2D eigenvalue weighted by atomic mass is 10.2. The molecule has 0 saturated carbocycles. The zero-order chi connectivity index (χ0) is 24.3. The van der Waals surface area contributed by atoms with Crippen LogP contribution in [0.5, 0.6) is 11.8 Å². The number of hydrogen-bond acceptors (Lipinski definition) is 11. The van der Waals surface area contributed by atoms with Crippen molar-refractivity contribution in [2.24, 2.45) is 0 Å². The molecule has 0 atom stereocenters. The van der Waals surface area contributed by atoms with E-state index in [1.54, 1.807) is 0 Å². The highest BCUT2D eigenvalue weighted by Gasteiger charge is 2.29. The zero-order valence-corrected chi connectivity index (χ0v) is 17.6. The number of carbonyl (C=O) groups is 2. The van der Waals surface area contributed by atoms with Crippen LogP contribution in [-0.4, -0.2) is 41.8 Å². The molecule has 1 heterocycles. The van der Waals surface area contributed by atoms with Gasteiger partial charge in [-0.15, -0.1) is 4.73 Å². The number of aromatic carboxylic acids is 1. The lowest BCUT2D eigenvalue weighted by Crippen LogP contribution is -2.20. The summed E-state index contributed by atoms with van der Waals surface area (Å²) in [6.45, 7) is 0. The van der Waals surface area contributed by atoms with Crippen LogP contribution in [0.2, 0.25) is 0 Å². The van der Waals surface area contributed by atoms with Crippen molar-refractivity contribution in [3.63, 3.8) is 0 Å². The third kappa shape index (κ3) is 4.83. The number of benzene rings is 2. The number of carbonyl (C=O) groups excluding carboxylic acids is 1. The second-order valence-electron chi connectivity index (χ2n) is 6.01. The maximum atomic E-state index is 12.5. The van der Waals surface area contributed by atoms with E-state index in [0.717, 1.165) is 24.3 Å². The molecule has 0 aliphatic heterocycles. The summed E-state index contributed by atoms with van der Waals surface area (Å²) in [5.41, 5.74) is -2.45. The van der Waals surface area contributed by atoms with Gasteiger partial charge in [0.25, 0.3) is 11.4 Å². The van der Waals surface area contributed by atoms with Crippen molar-refractivity contribution in [2.45, 2.75) is 9.79 Å². The van der Waals surface area contributed by atoms with Crippen LogP contribution in [0, 0.1) is 20.2 Å². The Balaban J connectivity index is 1.95. The maximum Gasteiger partial charge on any atom is 0.370 e. The Morgan fingerprint density at radius 3 is 1.73 bits per heavy atom. The molecule has 13 nitrogen and oxygen atoms in total. The van der Waals surface area contributed by atoms with Gasteiger partial charge in [-0.3, -0.25) is 20.2 Å². The number of nitrogens with zero attached hydrogens (tertiary/aromatic N) is 3. The number of rotatable bonds is 8. The highest BCUT2D eigenvalue weighted by Crippen LogP contribution is 2.46. The number of nitro benzene ring substituents is 2. The lowest BCUT2D eigenvalue weighted by molar-refractivity contribution is -0.388. The first-order chi connectivity index (χ1) is 15.6. The Hall–Kier alpha value is -4.24. The monoisotopic (exact) mass is 493 g/mol. The molecular weight excluding hydrogens is 482 g/mol. The molecule has 0 radical (unpaired) electrons. The average molecular weight is 493 g/mol. The average Bonchev–Trinajstić information content (AvgIpc) is 3.08. The van der Waals surface area contributed by atoms with Crippen molar-refractivity contribution in [2.75, 3.05) is 0 Å². The molecule has 0 amide bonds. The van der Waals surface area contributed by atoms with Crippen LogP contribution in [0.4, 0.5) is 11.4 Å². The van der Waals surface area contributed by atoms with Crippen molar-refractivity contribution < 1.29 is 39.6 Å². The van der Waals surface area contributed by atoms with E-state index in [2.05, 4.69) is 0 Å². The second kappa shape index (κ2) is 9.49. The lowest BCUT2D eigenvalue weighted by Gasteiger charge is -2.09. The van der Waals surface area contributed by atoms with Gasteiger partial charge in [-0.1, -0.05) is 12.1 Å². The quantitative estimate of drug-likeness (QED) is 0.235. The largest absolute Gasteiger partial charge is 0.492 e. The van der Waals surface area contributed by atoms with Crippen molar-refractivity contribution in [1.29, 1.82) is 0 Å². The van der Waals surface area contributed by atoms with Gasteiger partial charge in [-0.05, 0) is 45.9 Å². The first-order valence-electron chi connectivity index (χ1n) is 8.56. The summed E-state index contributed by atoms with van der Waals surface area (Å²) in [5, 5.41) is 51.5. The van der Waals surface area contributed by atoms with Crippen LogP contribution in [0.15, 0.2) is 58.3 Å². The smallest absolute Gasteiger partial charge is 0.370 e. The van der Waals surface area contributed by atoms with E-state index in [1.165, 1.54) is 24.3 Å². The zero-order valence-electron chi connectivity index (χ0n) is 16.0. The molecule has 0 bridgehead atoms. The number of para-hydroxylation sites is 2. The number of hydrogen-bond donors (Lipinski definition) is 3. The summed E-state index contributed by atoms with van der Waals surface area (Å²) in [6.07, 6.45) is 0. The first-order valence-corrected chi connectivity index (χ1v) is 10.7. The number of nitro groups is 2. The Bertz CT molecular complexity index is 1270. The molecule has 0 unspecified atom stereocenters. The predicted molar refractivity (Wildman–Crippen MR) is 114 cm³/mol. The van der Waals surface area contributed by atoms with Crippen LogP contribution in [-0.2, 0) is 0 Å². The van der Waals surface area contributed by atoms with Crippen LogP contribution in [0.25, 0.3) is 0 Å². The molecule has 0 aliphatic carbocycles. The molecular formula is C18H11N3O10S2. The minimum absolute atomic E-state index is 0.0747. The van der Waals surface area contributed by atoms with Crippen LogP contribution in [0.1, 0.15) is 20.7 Å². The Labute approximate surface area is 190 Å². The summed E-state index contributed by atoms with van der Waals surface area (Å²) in [5.74, 6) is -4.04. The normalized spacial score (nSPS) is 10.5. The van der Waals surface area contributed by atoms with Gasteiger partial charge in [0.2, 0.25) is 11.8 Å². The fourth-order valence-corrected chi connectivity index (χ4v) is 4.93. The maximum absolute atomic E-state index is 12.5. The van der Waals surface area contributed by atoms with Gasteiger partial charge in [0, 0.05) is 12.1 Å². The van der Waals surface area contributed by atoms with Gasteiger partial charge in [0.15, 0.2) is 0 Å². The van der Waals surface area contributed by atoms with Crippen molar-refractivity contribution in [3.05, 3.63) is 79.9 Å². The van der Waals surface area contributed by atoms with E-state index in [1.807, 2.05) is 0 Å². The predicted octanol–water partition coefficient (Wildman–Crippen LogP) is 3.48. The molecule has 2 aromatic carbocycles. The summed E-state index contributed by atoms with van der Waals surface area (Å²) in [7, 11) is 1.38. The van der Waals surface area contributed by atoms with E-state index >= 15 is 0 Å². The molecule has 3 aromatic rings. The van der Waals surface area contributed by atoms with E-state index in [0.29, 0.717) is 26.3 Å². The number of aromatic nitrogens is 1. The van der Waals surface area contributed by atoms with Crippen LogP contribution >= 0.6 is 21.6 Å². The summed E-state index contributed by atoms with van der Waals surface area (Å²) < 4.78 is 0.362. The minimum Gasteiger partial charge on any atom is -0.492 e. The third-order valence-electron chi connectivity index (χ3n) is 4.01. The van der Waals surface area contributed by atoms with Crippen LogP contribution in [0.3, 0.4) is 0 Å². The first kappa shape index (κ1) is 23.4. The van der Waals surface area contributed by atoms with Gasteiger partial charge in [-0.25, -0.2) is 9.59 Å². The van der Waals surface area contributed by atoms with E-state index < -0.39 is 56.0 Å². The Morgan fingerprint density at radius 2 is 1.27 bits per heavy atom. The Morgan fingerprint density at radius 1 is 0.818 bits per heavy atom. The molecule has 0 spiro atoms. The van der Waals surface area contributed by atoms with Gasteiger partial charge in [-0.2, -0.15) is 0 Å². The highest BCUT2D eigenvalue weighted by atomic mass is 33.1. The van der Waals surface area contributed by atoms with Crippen molar-refractivity contribution >= 4 is 44.9 Å². The topological polar surface area (TPSA) is 195 Å². The van der Waals surface area contributed by atoms with Gasteiger partial charge in [0.1, 0.15) is 11.1 Å². The van der Waals surface area contributed by atoms with Gasteiger partial charge in [0.05, 0.1) is 19.6 Å². The number of carboxylic acid groups (broad SMARTS) is 1. The molecule has 15 heteroatoms. The third-order valence-corrected chi connectivity index (χ3v) is 6.44. The molecule has 33 heavy (non-hydrogen) atoms. The number of aromatic hydroxyl groups is 2. The van der Waals surface area contributed by atoms with Gasteiger partial charge >= 0.3 is 11.9 Å². The van der Waals surface area contributed by atoms with Crippen molar-refractivity contribution in [1.82, 2.24) is 4.73 Å². The molecule has 170 valence electrons. The molecule has 1 aromatic heterocycles. The number of carboxylic acids is 1. The minimum atomic E-state index is -1.51. The van der Waals surface area contributed by atoms with E-state index in [9.17, 15) is 45.1 Å².